The van der Waals surface area contributed by atoms with E-state index in [2.05, 4.69) is 24.2 Å². The molecule has 0 radical (unpaired) electrons. The van der Waals surface area contributed by atoms with Gasteiger partial charge >= 0.3 is 0 Å². The summed E-state index contributed by atoms with van der Waals surface area (Å²) in [5.41, 5.74) is 3.08. The zero-order valence-corrected chi connectivity index (χ0v) is 7.92. The highest BCUT2D eigenvalue weighted by Gasteiger charge is 2.36. The van der Waals surface area contributed by atoms with Gasteiger partial charge in [-0.05, 0) is 5.92 Å². The molecule has 2 atom stereocenters. The van der Waals surface area contributed by atoms with Gasteiger partial charge in [-0.3, -0.25) is 0 Å². The number of rotatable bonds is 2. The molecule has 3 heteroatoms. The molecule has 0 aromatic rings. The minimum atomic E-state index is 0.601. The molecular weight excluding hydrogens is 152 g/mol. The van der Waals surface area contributed by atoms with Crippen LogP contribution in [0.5, 0.6) is 0 Å². The Balaban J connectivity index is 1.82. The van der Waals surface area contributed by atoms with E-state index in [4.69, 9.17) is 4.84 Å². The molecule has 0 unspecified atom stereocenters. The summed E-state index contributed by atoms with van der Waals surface area (Å²) >= 11 is 0. The van der Waals surface area contributed by atoms with Gasteiger partial charge in [0.1, 0.15) is 0 Å². The van der Waals surface area contributed by atoms with Crippen molar-refractivity contribution in [2.75, 3.05) is 26.2 Å². The monoisotopic (exact) mass is 170 g/mol. The Morgan fingerprint density at radius 1 is 1.50 bits per heavy atom. The number of fused-ring (bicyclic) bond motifs is 1. The first kappa shape index (κ1) is 8.48. The zero-order chi connectivity index (χ0) is 8.55. The van der Waals surface area contributed by atoms with Gasteiger partial charge in [-0.1, -0.05) is 13.8 Å². The summed E-state index contributed by atoms with van der Waals surface area (Å²) in [7, 11) is 0. The lowest BCUT2D eigenvalue weighted by molar-refractivity contribution is 0.0705. The third kappa shape index (κ3) is 1.63. The van der Waals surface area contributed by atoms with E-state index in [-0.39, 0.29) is 0 Å². The van der Waals surface area contributed by atoms with Crippen LogP contribution in [-0.4, -0.2) is 37.2 Å². The van der Waals surface area contributed by atoms with Crippen LogP contribution in [0.1, 0.15) is 13.8 Å². The van der Waals surface area contributed by atoms with E-state index >= 15 is 0 Å². The lowest BCUT2D eigenvalue weighted by atomic mass is 10.1. The zero-order valence-electron chi connectivity index (χ0n) is 7.92. The fourth-order valence-corrected chi connectivity index (χ4v) is 2.19. The van der Waals surface area contributed by atoms with Gasteiger partial charge in [0.15, 0.2) is 0 Å². The maximum Gasteiger partial charge on any atom is 0.0739 e. The average Bonchev–Trinajstić information content (AvgIpc) is 2.43. The molecule has 0 saturated carbocycles. The topological polar surface area (TPSA) is 24.5 Å². The quantitative estimate of drug-likeness (QED) is 0.652. The largest absolute Gasteiger partial charge is 0.301 e. The summed E-state index contributed by atoms with van der Waals surface area (Å²) in [6, 6.07) is 0.601. The molecule has 0 spiro atoms. The van der Waals surface area contributed by atoms with Crippen molar-refractivity contribution in [2.24, 2.45) is 11.8 Å². The second kappa shape index (κ2) is 3.32. The van der Waals surface area contributed by atoms with Crippen LogP contribution in [0.3, 0.4) is 0 Å². The van der Waals surface area contributed by atoms with Crippen LogP contribution in [0.2, 0.25) is 0 Å². The smallest absolute Gasteiger partial charge is 0.0739 e. The number of hydrogen-bond donors (Lipinski definition) is 1. The molecule has 3 nitrogen and oxygen atoms in total. The second-order valence-electron chi connectivity index (χ2n) is 4.41. The van der Waals surface area contributed by atoms with Crippen molar-refractivity contribution in [1.29, 1.82) is 0 Å². The Hall–Kier alpha value is -0.120. The second-order valence-corrected chi connectivity index (χ2v) is 4.41. The van der Waals surface area contributed by atoms with Gasteiger partial charge < -0.3 is 9.74 Å². The van der Waals surface area contributed by atoms with Crippen molar-refractivity contribution in [2.45, 2.75) is 19.9 Å². The molecule has 2 aliphatic heterocycles. The number of likely N-dealkylation sites (tertiary alicyclic amines) is 1. The molecular formula is C9H18N2O. The van der Waals surface area contributed by atoms with Crippen molar-refractivity contribution in [1.82, 2.24) is 10.4 Å². The number of hydrogen-bond acceptors (Lipinski definition) is 3. The molecule has 70 valence electrons. The minimum Gasteiger partial charge on any atom is -0.301 e. The van der Waals surface area contributed by atoms with Crippen LogP contribution in [0.15, 0.2) is 0 Å². The third-order valence-corrected chi connectivity index (χ3v) is 2.67. The molecule has 0 aromatic heterocycles. The molecule has 0 aliphatic carbocycles. The van der Waals surface area contributed by atoms with Gasteiger partial charge in [0, 0.05) is 25.6 Å². The van der Waals surface area contributed by atoms with Crippen LogP contribution < -0.4 is 5.48 Å². The predicted octanol–water partition coefficient (Wildman–Crippen LogP) is 0.478. The van der Waals surface area contributed by atoms with E-state index < -0.39 is 0 Å². The summed E-state index contributed by atoms with van der Waals surface area (Å²) in [5.74, 6) is 1.52. The third-order valence-electron chi connectivity index (χ3n) is 2.67. The fourth-order valence-electron chi connectivity index (χ4n) is 2.19. The maximum atomic E-state index is 5.19. The summed E-state index contributed by atoms with van der Waals surface area (Å²) in [4.78, 5) is 7.73. The number of nitrogens with one attached hydrogen (secondary N) is 1. The van der Waals surface area contributed by atoms with Gasteiger partial charge in [0.05, 0.1) is 12.6 Å². The fraction of sp³-hybridized carbons (Fsp3) is 1.00. The number of hydroxylamine groups is 1. The highest BCUT2D eigenvalue weighted by molar-refractivity contribution is 4.90. The van der Waals surface area contributed by atoms with E-state index in [1.54, 1.807) is 0 Å². The first-order valence-electron chi connectivity index (χ1n) is 4.85. The van der Waals surface area contributed by atoms with Crippen molar-refractivity contribution in [3.63, 3.8) is 0 Å². The van der Waals surface area contributed by atoms with Gasteiger partial charge in [0.25, 0.3) is 0 Å². The Bertz CT molecular complexity index is 149. The average molecular weight is 170 g/mol. The maximum absolute atomic E-state index is 5.19. The van der Waals surface area contributed by atoms with Crippen LogP contribution >= 0.6 is 0 Å². The Kier molecular flexibility index (Phi) is 2.35. The molecule has 2 aliphatic rings. The van der Waals surface area contributed by atoms with Crippen molar-refractivity contribution < 1.29 is 4.84 Å². The molecule has 2 heterocycles. The molecule has 2 fully saturated rings. The summed E-state index contributed by atoms with van der Waals surface area (Å²) < 4.78 is 0. The van der Waals surface area contributed by atoms with E-state index in [1.807, 2.05) is 0 Å². The van der Waals surface area contributed by atoms with E-state index in [0.29, 0.717) is 6.04 Å². The van der Waals surface area contributed by atoms with Crippen molar-refractivity contribution >= 4 is 0 Å². The molecule has 12 heavy (non-hydrogen) atoms. The lowest BCUT2D eigenvalue weighted by Gasteiger charge is -2.18. The Labute approximate surface area is 74.0 Å². The summed E-state index contributed by atoms with van der Waals surface area (Å²) in [6.45, 7) is 9.07. The highest BCUT2D eigenvalue weighted by atomic mass is 16.7. The van der Waals surface area contributed by atoms with Crippen molar-refractivity contribution in [3.05, 3.63) is 0 Å². The molecule has 0 bridgehead atoms. The SMILES string of the molecule is CC(C)CN1C[C@H]2CON[C@H]2C1. The van der Waals surface area contributed by atoms with Gasteiger partial charge in [-0.2, -0.15) is 5.48 Å². The van der Waals surface area contributed by atoms with Gasteiger partial charge in [-0.15, -0.1) is 0 Å². The van der Waals surface area contributed by atoms with Crippen LogP contribution in [-0.2, 0) is 4.84 Å². The number of nitrogens with zero attached hydrogens (tertiary/aromatic N) is 1. The lowest BCUT2D eigenvalue weighted by Crippen LogP contribution is -2.31. The summed E-state index contributed by atoms with van der Waals surface area (Å²) in [6.07, 6.45) is 0. The predicted molar refractivity (Wildman–Crippen MR) is 47.6 cm³/mol. The van der Waals surface area contributed by atoms with Crippen molar-refractivity contribution in [3.8, 4) is 0 Å². The van der Waals surface area contributed by atoms with Crippen LogP contribution in [0, 0.1) is 11.8 Å². The van der Waals surface area contributed by atoms with E-state index in [1.165, 1.54) is 19.6 Å². The highest BCUT2D eigenvalue weighted by Crippen LogP contribution is 2.22. The molecule has 0 aromatic carbocycles. The first-order chi connectivity index (χ1) is 5.75. The van der Waals surface area contributed by atoms with E-state index in [9.17, 15) is 0 Å². The summed E-state index contributed by atoms with van der Waals surface area (Å²) in [5, 5.41) is 0. The minimum absolute atomic E-state index is 0.601. The normalized spacial score (nSPS) is 36.2. The van der Waals surface area contributed by atoms with Crippen LogP contribution in [0.4, 0.5) is 0 Å². The van der Waals surface area contributed by atoms with Gasteiger partial charge in [0.2, 0.25) is 0 Å². The first-order valence-corrected chi connectivity index (χ1v) is 4.85. The Morgan fingerprint density at radius 2 is 2.33 bits per heavy atom. The van der Waals surface area contributed by atoms with E-state index in [0.717, 1.165) is 18.4 Å². The molecule has 2 rings (SSSR count). The molecule has 1 N–H and O–H groups in total. The molecule has 0 amide bonds. The standard InChI is InChI=1S/C9H18N2O/c1-7(2)3-11-4-8-6-12-10-9(8)5-11/h7-10H,3-6H2,1-2H3/t8-,9-/m0/s1. The van der Waals surface area contributed by atoms with Gasteiger partial charge in [-0.25, -0.2) is 0 Å². The van der Waals surface area contributed by atoms with Crippen LogP contribution in [0.25, 0.3) is 0 Å². The Morgan fingerprint density at radius 3 is 3.00 bits per heavy atom. The molecule has 2 saturated heterocycles.